The van der Waals surface area contributed by atoms with Gasteiger partial charge in [0.05, 0.1) is 12.0 Å². The fourth-order valence-electron chi connectivity index (χ4n) is 3.03. The molecular weight excluding hydrogens is 290 g/mol. The first kappa shape index (κ1) is 15.8. The van der Waals surface area contributed by atoms with Gasteiger partial charge in [-0.3, -0.25) is 9.59 Å². The molecule has 0 spiro atoms. The Labute approximate surface area is 129 Å². The number of carbonyl (C=O) groups excluding carboxylic acids is 1. The summed E-state index contributed by atoms with van der Waals surface area (Å²) in [6, 6.07) is 6.63. The van der Waals surface area contributed by atoms with E-state index in [9.17, 15) is 14.7 Å². The summed E-state index contributed by atoms with van der Waals surface area (Å²) in [5.41, 5.74) is 0.829. The van der Waals surface area contributed by atoms with Crippen molar-refractivity contribution in [3.8, 4) is 0 Å². The van der Waals surface area contributed by atoms with Gasteiger partial charge >= 0.3 is 5.97 Å². The standard InChI is InChI=1S/C16H20ClNO3/c1-10(2)18-14(19)5-3-4-13(16(20)21)15(18)11-6-8-12(17)9-7-11/h6-10,13,15H,3-5H2,1-2H3,(H,20,21). The third-order valence-electron chi connectivity index (χ3n) is 3.96. The minimum Gasteiger partial charge on any atom is -0.481 e. The average Bonchev–Trinajstić information content (AvgIpc) is 2.58. The van der Waals surface area contributed by atoms with Crippen LogP contribution in [-0.2, 0) is 9.59 Å². The number of halogens is 1. The quantitative estimate of drug-likeness (QED) is 0.929. The minimum absolute atomic E-state index is 0.0219. The molecule has 1 aromatic rings. The van der Waals surface area contributed by atoms with E-state index < -0.39 is 17.9 Å². The van der Waals surface area contributed by atoms with Crippen LogP contribution < -0.4 is 0 Å². The molecule has 2 unspecified atom stereocenters. The van der Waals surface area contributed by atoms with Crippen molar-refractivity contribution in [2.24, 2.45) is 5.92 Å². The number of carboxylic acids is 1. The number of carboxylic acid groups (broad SMARTS) is 1. The van der Waals surface area contributed by atoms with E-state index in [1.165, 1.54) is 0 Å². The third kappa shape index (κ3) is 3.38. The molecule has 1 amide bonds. The maximum Gasteiger partial charge on any atom is 0.308 e. The van der Waals surface area contributed by atoms with Crippen molar-refractivity contribution in [1.29, 1.82) is 0 Å². The lowest BCUT2D eigenvalue weighted by molar-refractivity contribution is -0.147. The van der Waals surface area contributed by atoms with E-state index in [0.717, 1.165) is 5.56 Å². The van der Waals surface area contributed by atoms with Gasteiger partial charge in [-0.2, -0.15) is 0 Å². The van der Waals surface area contributed by atoms with Crippen LogP contribution in [0, 0.1) is 5.92 Å². The molecule has 0 aromatic heterocycles. The molecule has 2 atom stereocenters. The third-order valence-corrected chi connectivity index (χ3v) is 4.21. The maximum atomic E-state index is 12.4. The summed E-state index contributed by atoms with van der Waals surface area (Å²) in [4.78, 5) is 25.8. The van der Waals surface area contributed by atoms with Crippen molar-refractivity contribution < 1.29 is 14.7 Å². The molecule has 1 N–H and O–H groups in total. The molecule has 114 valence electrons. The molecule has 2 rings (SSSR count). The zero-order valence-corrected chi connectivity index (χ0v) is 13.0. The summed E-state index contributed by atoms with van der Waals surface area (Å²) in [7, 11) is 0. The predicted octanol–water partition coefficient (Wildman–Crippen LogP) is 3.50. The van der Waals surface area contributed by atoms with Crippen molar-refractivity contribution in [2.75, 3.05) is 0 Å². The van der Waals surface area contributed by atoms with Gasteiger partial charge in [-0.05, 0) is 44.4 Å². The molecule has 1 heterocycles. The van der Waals surface area contributed by atoms with Gasteiger partial charge in [-0.15, -0.1) is 0 Å². The number of hydrogen-bond donors (Lipinski definition) is 1. The van der Waals surface area contributed by atoms with Crippen molar-refractivity contribution in [1.82, 2.24) is 4.90 Å². The zero-order valence-electron chi connectivity index (χ0n) is 12.3. The van der Waals surface area contributed by atoms with Gasteiger partial charge in [0.25, 0.3) is 0 Å². The van der Waals surface area contributed by atoms with E-state index in [0.29, 0.717) is 24.3 Å². The van der Waals surface area contributed by atoms with E-state index in [-0.39, 0.29) is 11.9 Å². The monoisotopic (exact) mass is 309 g/mol. The number of nitrogens with zero attached hydrogens (tertiary/aromatic N) is 1. The molecule has 0 aliphatic carbocycles. The smallest absolute Gasteiger partial charge is 0.308 e. The largest absolute Gasteiger partial charge is 0.481 e. The highest BCUT2D eigenvalue weighted by molar-refractivity contribution is 6.30. The van der Waals surface area contributed by atoms with Crippen LogP contribution >= 0.6 is 11.6 Å². The summed E-state index contributed by atoms with van der Waals surface area (Å²) in [6.45, 7) is 3.84. The maximum absolute atomic E-state index is 12.4. The predicted molar refractivity (Wildman–Crippen MR) is 81.2 cm³/mol. The zero-order chi connectivity index (χ0) is 15.6. The molecule has 1 saturated heterocycles. The Kier molecular flexibility index (Phi) is 4.88. The van der Waals surface area contributed by atoms with Crippen LogP contribution in [0.4, 0.5) is 0 Å². The van der Waals surface area contributed by atoms with E-state index in [1.54, 1.807) is 17.0 Å². The molecule has 0 bridgehead atoms. The van der Waals surface area contributed by atoms with E-state index in [2.05, 4.69) is 0 Å². The number of benzene rings is 1. The van der Waals surface area contributed by atoms with Crippen molar-refractivity contribution in [2.45, 2.75) is 45.2 Å². The van der Waals surface area contributed by atoms with Gasteiger partial charge in [0.2, 0.25) is 5.91 Å². The SMILES string of the molecule is CC(C)N1C(=O)CCCC(C(=O)O)C1c1ccc(Cl)cc1. The first-order valence-corrected chi connectivity index (χ1v) is 7.59. The molecule has 1 aliphatic rings. The van der Waals surface area contributed by atoms with Gasteiger partial charge < -0.3 is 10.0 Å². The molecule has 0 radical (unpaired) electrons. The average molecular weight is 310 g/mol. The molecular formula is C16H20ClNO3. The van der Waals surface area contributed by atoms with Crippen molar-refractivity contribution >= 4 is 23.5 Å². The Balaban J connectivity index is 2.50. The Hall–Kier alpha value is -1.55. The van der Waals surface area contributed by atoms with E-state index in [1.807, 2.05) is 26.0 Å². The Morgan fingerprint density at radius 3 is 2.48 bits per heavy atom. The molecule has 21 heavy (non-hydrogen) atoms. The van der Waals surface area contributed by atoms with Gasteiger partial charge in [0.1, 0.15) is 0 Å². The topological polar surface area (TPSA) is 57.6 Å². The molecule has 1 aliphatic heterocycles. The lowest BCUT2D eigenvalue weighted by atomic mass is 9.88. The van der Waals surface area contributed by atoms with Crippen LogP contribution in [0.1, 0.15) is 44.7 Å². The Morgan fingerprint density at radius 1 is 1.33 bits per heavy atom. The van der Waals surface area contributed by atoms with Crippen LogP contribution in [0.15, 0.2) is 24.3 Å². The second-order valence-corrected chi connectivity index (χ2v) is 6.16. The first-order chi connectivity index (χ1) is 9.91. The summed E-state index contributed by atoms with van der Waals surface area (Å²) < 4.78 is 0. The van der Waals surface area contributed by atoms with Gasteiger partial charge in [-0.25, -0.2) is 0 Å². The van der Waals surface area contributed by atoms with Crippen LogP contribution in [0.3, 0.4) is 0 Å². The second kappa shape index (κ2) is 6.48. The summed E-state index contributed by atoms with van der Waals surface area (Å²) in [5.74, 6) is -1.41. The second-order valence-electron chi connectivity index (χ2n) is 5.73. The Bertz CT molecular complexity index is 527. The molecule has 0 saturated carbocycles. The Morgan fingerprint density at radius 2 is 1.95 bits per heavy atom. The summed E-state index contributed by atoms with van der Waals surface area (Å²) in [5, 5.41) is 10.2. The van der Waals surface area contributed by atoms with E-state index >= 15 is 0 Å². The van der Waals surface area contributed by atoms with Crippen LogP contribution in [0.5, 0.6) is 0 Å². The highest BCUT2D eigenvalue weighted by Crippen LogP contribution is 2.37. The fourth-order valence-corrected chi connectivity index (χ4v) is 3.16. The molecule has 4 nitrogen and oxygen atoms in total. The number of likely N-dealkylation sites (tertiary alicyclic amines) is 1. The number of aliphatic carboxylic acids is 1. The number of amides is 1. The molecule has 1 fully saturated rings. The van der Waals surface area contributed by atoms with E-state index in [4.69, 9.17) is 11.6 Å². The van der Waals surface area contributed by atoms with Gasteiger partial charge in [0, 0.05) is 17.5 Å². The highest BCUT2D eigenvalue weighted by atomic mass is 35.5. The molecule has 1 aromatic carbocycles. The highest BCUT2D eigenvalue weighted by Gasteiger charge is 2.39. The first-order valence-electron chi connectivity index (χ1n) is 7.21. The van der Waals surface area contributed by atoms with Crippen LogP contribution in [-0.4, -0.2) is 27.9 Å². The fraction of sp³-hybridized carbons (Fsp3) is 0.500. The van der Waals surface area contributed by atoms with Gasteiger partial charge in [0.15, 0.2) is 0 Å². The minimum atomic E-state index is -0.852. The van der Waals surface area contributed by atoms with Gasteiger partial charge in [-0.1, -0.05) is 23.7 Å². The normalized spacial score (nSPS) is 23.2. The lowest BCUT2D eigenvalue weighted by Gasteiger charge is -2.37. The number of rotatable bonds is 3. The summed E-state index contributed by atoms with van der Waals surface area (Å²) >= 11 is 5.91. The van der Waals surface area contributed by atoms with Crippen LogP contribution in [0.2, 0.25) is 5.02 Å². The number of hydrogen-bond acceptors (Lipinski definition) is 2. The van der Waals surface area contributed by atoms with Crippen LogP contribution in [0.25, 0.3) is 0 Å². The van der Waals surface area contributed by atoms with Crippen molar-refractivity contribution in [3.05, 3.63) is 34.9 Å². The number of carbonyl (C=O) groups is 2. The lowest BCUT2D eigenvalue weighted by Crippen LogP contribution is -2.43. The van der Waals surface area contributed by atoms with Crippen molar-refractivity contribution in [3.63, 3.8) is 0 Å². The molecule has 5 heteroatoms. The summed E-state index contributed by atoms with van der Waals surface area (Å²) in [6.07, 6.45) is 1.53.